The molecule has 0 radical (unpaired) electrons. The lowest BCUT2D eigenvalue weighted by Crippen LogP contribution is -2.49. The lowest BCUT2D eigenvalue weighted by Gasteiger charge is -2.21. The van der Waals surface area contributed by atoms with E-state index in [9.17, 15) is 9.59 Å². The Kier molecular flexibility index (Phi) is 5.93. The van der Waals surface area contributed by atoms with E-state index in [1.54, 1.807) is 21.0 Å². The zero-order valence-electron chi connectivity index (χ0n) is 9.78. The monoisotopic (exact) mass is 216 g/mol. The molecule has 0 aliphatic heterocycles. The number of carbonyl (C=O) groups excluding carboxylic acids is 1. The molecular formula is C10H20N2O3. The Balaban J connectivity index is 4.28. The highest BCUT2D eigenvalue weighted by Crippen LogP contribution is 2.00. The summed E-state index contributed by atoms with van der Waals surface area (Å²) in [6.45, 7) is 3.59. The first kappa shape index (κ1) is 13.9. The highest BCUT2D eigenvalue weighted by Gasteiger charge is 2.22. The number of nitrogens with one attached hydrogen (secondary N) is 1. The van der Waals surface area contributed by atoms with Crippen molar-refractivity contribution in [2.75, 3.05) is 14.1 Å². The molecular weight excluding hydrogens is 196 g/mol. The first-order valence-electron chi connectivity index (χ1n) is 5.10. The molecule has 0 saturated carbocycles. The van der Waals surface area contributed by atoms with Gasteiger partial charge in [0.1, 0.15) is 6.04 Å². The van der Waals surface area contributed by atoms with E-state index >= 15 is 0 Å². The summed E-state index contributed by atoms with van der Waals surface area (Å²) in [7, 11) is 3.30. The van der Waals surface area contributed by atoms with Gasteiger partial charge in [0, 0.05) is 14.1 Å². The molecule has 0 aromatic heterocycles. The number of carboxylic acids is 1. The predicted molar refractivity (Wildman–Crippen MR) is 57.6 cm³/mol. The van der Waals surface area contributed by atoms with E-state index in [1.807, 2.05) is 6.92 Å². The second kappa shape index (κ2) is 6.40. The second-order valence-corrected chi connectivity index (χ2v) is 3.80. The van der Waals surface area contributed by atoms with Crippen LogP contribution in [0.4, 0.5) is 0 Å². The standard InChI is InChI=1S/C10H20N2O3/c1-5-6-8(10(14)15)11-7(2)9(13)12(3)4/h7-8,11H,5-6H2,1-4H3,(H,14,15). The Bertz CT molecular complexity index is 229. The van der Waals surface area contributed by atoms with Crippen molar-refractivity contribution in [1.29, 1.82) is 0 Å². The molecule has 88 valence electrons. The highest BCUT2D eigenvalue weighted by atomic mass is 16.4. The molecule has 0 aromatic carbocycles. The van der Waals surface area contributed by atoms with Crippen molar-refractivity contribution in [1.82, 2.24) is 10.2 Å². The maximum absolute atomic E-state index is 11.5. The Morgan fingerprint density at radius 3 is 2.27 bits per heavy atom. The quantitative estimate of drug-likeness (QED) is 0.670. The van der Waals surface area contributed by atoms with Gasteiger partial charge in [-0.3, -0.25) is 14.9 Å². The van der Waals surface area contributed by atoms with E-state index < -0.39 is 18.1 Å². The fourth-order valence-corrected chi connectivity index (χ4v) is 1.33. The van der Waals surface area contributed by atoms with Crippen molar-refractivity contribution in [3.8, 4) is 0 Å². The van der Waals surface area contributed by atoms with Crippen LogP contribution >= 0.6 is 0 Å². The van der Waals surface area contributed by atoms with Gasteiger partial charge in [-0.1, -0.05) is 13.3 Å². The minimum absolute atomic E-state index is 0.114. The average molecular weight is 216 g/mol. The molecule has 0 spiro atoms. The van der Waals surface area contributed by atoms with Crippen molar-refractivity contribution < 1.29 is 14.7 Å². The van der Waals surface area contributed by atoms with Gasteiger partial charge in [-0.05, 0) is 13.3 Å². The molecule has 5 heteroatoms. The zero-order valence-corrected chi connectivity index (χ0v) is 9.78. The predicted octanol–water partition coefficient (Wildman–Crippen LogP) is 0.306. The number of nitrogens with zero attached hydrogens (tertiary/aromatic N) is 1. The number of aliphatic carboxylic acids is 1. The molecule has 0 aliphatic rings. The van der Waals surface area contributed by atoms with E-state index in [-0.39, 0.29) is 5.91 Å². The lowest BCUT2D eigenvalue weighted by molar-refractivity contribution is -0.140. The van der Waals surface area contributed by atoms with Crippen LogP contribution in [-0.2, 0) is 9.59 Å². The van der Waals surface area contributed by atoms with Crippen LogP contribution in [0.1, 0.15) is 26.7 Å². The number of hydrogen-bond acceptors (Lipinski definition) is 3. The summed E-state index contributed by atoms with van der Waals surface area (Å²) < 4.78 is 0. The molecule has 5 nitrogen and oxygen atoms in total. The van der Waals surface area contributed by atoms with Crippen molar-refractivity contribution in [2.45, 2.75) is 38.8 Å². The number of hydrogen-bond donors (Lipinski definition) is 2. The first-order valence-corrected chi connectivity index (χ1v) is 5.10. The minimum atomic E-state index is -0.907. The Morgan fingerprint density at radius 1 is 1.40 bits per heavy atom. The largest absolute Gasteiger partial charge is 0.480 e. The number of likely N-dealkylation sites (N-methyl/N-ethyl adjacent to an activating group) is 1. The summed E-state index contributed by atoms with van der Waals surface area (Å²) in [6, 6.07) is -1.11. The van der Waals surface area contributed by atoms with Crippen molar-refractivity contribution in [2.24, 2.45) is 0 Å². The topological polar surface area (TPSA) is 69.6 Å². The van der Waals surface area contributed by atoms with Gasteiger partial charge < -0.3 is 10.0 Å². The molecule has 2 unspecified atom stereocenters. The van der Waals surface area contributed by atoms with Crippen LogP contribution < -0.4 is 5.32 Å². The average Bonchev–Trinajstić information content (AvgIpc) is 2.15. The molecule has 0 heterocycles. The van der Waals surface area contributed by atoms with Gasteiger partial charge in [0.15, 0.2) is 0 Å². The number of carboxylic acid groups (broad SMARTS) is 1. The van der Waals surface area contributed by atoms with Gasteiger partial charge in [0.2, 0.25) is 5.91 Å². The molecule has 2 N–H and O–H groups in total. The summed E-state index contributed by atoms with van der Waals surface area (Å²) in [4.78, 5) is 23.8. The Morgan fingerprint density at radius 2 is 1.93 bits per heavy atom. The minimum Gasteiger partial charge on any atom is -0.480 e. The molecule has 1 amide bonds. The molecule has 0 aliphatic carbocycles. The van der Waals surface area contributed by atoms with Gasteiger partial charge in [-0.2, -0.15) is 0 Å². The van der Waals surface area contributed by atoms with Crippen molar-refractivity contribution in [3.05, 3.63) is 0 Å². The van der Waals surface area contributed by atoms with Gasteiger partial charge >= 0.3 is 5.97 Å². The summed E-state index contributed by atoms with van der Waals surface area (Å²) in [5, 5.41) is 11.7. The molecule has 2 atom stereocenters. The van der Waals surface area contributed by atoms with Gasteiger partial charge in [0.25, 0.3) is 0 Å². The Hall–Kier alpha value is -1.10. The van der Waals surface area contributed by atoms with Gasteiger partial charge in [-0.25, -0.2) is 0 Å². The van der Waals surface area contributed by atoms with E-state index in [4.69, 9.17) is 5.11 Å². The first-order chi connectivity index (χ1) is 6.90. The van der Waals surface area contributed by atoms with Crippen LogP contribution in [0.5, 0.6) is 0 Å². The number of carbonyl (C=O) groups is 2. The number of amides is 1. The Labute approximate surface area is 90.5 Å². The third-order valence-corrected chi connectivity index (χ3v) is 2.14. The SMILES string of the molecule is CCCC(NC(C)C(=O)N(C)C)C(=O)O. The third kappa shape index (κ3) is 4.78. The van der Waals surface area contributed by atoms with Crippen LogP contribution in [0.15, 0.2) is 0 Å². The van der Waals surface area contributed by atoms with Crippen LogP contribution in [-0.4, -0.2) is 48.1 Å². The number of rotatable bonds is 6. The van der Waals surface area contributed by atoms with Gasteiger partial charge in [-0.15, -0.1) is 0 Å². The van der Waals surface area contributed by atoms with Crippen LogP contribution in [0, 0.1) is 0 Å². The molecule has 0 fully saturated rings. The summed E-state index contributed by atoms with van der Waals surface area (Å²) in [6.07, 6.45) is 1.30. The van der Waals surface area contributed by atoms with Crippen molar-refractivity contribution in [3.63, 3.8) is 0 Å². The second-order valence-electron chi connectivity index (χ2n) is 3.80. The zero-order chi connectivity index (χ0) is 12.0. The summed E-state index contributed by atoms with van der Waals surface area (Å²) in [5.41, 5.74) is 0. The fourth-order valence-electron chi connectivity index (χ4n) is 1.33. The van der Waals surface area contributed by atoms with Gasteiger partial charge in [0.05, 0.1) is 6.04 Å². The molecule has 15 heavy (non-hydrogen) atoms. The fraction of sp³-hybridized carbons (Fsp3) is 0.800. The van der Waals surface area contributed by atoms with E-state index in [1.165, 1.54) is 4.90 Å². The van der Waals surface area contributed by atoms with E-state index in [0.717, 1.165) is 6.42 Å². The maximum atomic E-state index is 11.5. The molecule has 0 bridgehead atoms. The van der Waals surface area contributed by atoms with Crippen LogP contribution in [0.25, 0.3) is 0 Å². The molecule has 0 aromatic rings. The maximum Gasteiger partial charge on any atom is 0.320 e. The lowest BCUT2D eigenvalue weighted by atomic mass is 10.1. The summed E-state index contributed by atoms with van der Waals surface area (Å²) >= 11 is 0. The van der Waals surface area contributed by atoms with E-state index in [0.29, 0.717) is 6.42 Å². The van der Waals surface area contributed by atoms with Crippen LogP contribution in [0.3, 0.4) is 0 Å². The molecule has 0 rings (SSSR count). The highest BCUT2D eigenvalue weighted by molar-refractivity contribution is 5.82. The van der Waals surface area contributed by atoms with Crippen LogP contribution in [0.2, 0.25) is 0 Å². The smallest absolute Gasteiger partial charge is 0.320 e. The third-order valence-electron chi connectivity index (χ3n) is 2.14. The van der Waals surface area contributed by atoms with Crippen molar-refractivity contribution >= 4 is 11.9 Å². The summed E-state index contributed by atoms with van der Waals surface area (Å²) in [5.74, 6) is -1.02. The van der Waals surface area contributed by atoms with E-state index in [2.05, 4.69) is 5.32 Å². The normalized spacial score (nSPS) is 14.4. The molecule has 0 saturated heterocycles.